The van der Waals surface area contributed by atoms with E-state index in [1.807, 2.05) is 4.90 Å². The van der Waals surface area contributed by atoms with Crippen molar-refractivity contribution < 1.29 is 14.3 Å². The maximum absolute atomic E-state index is 13.3. The Kier molecular flexibility index (Phi) is 3.28. The molecule has 1 aliphatic rings. The van der Waals surface area contributed by atoms with Gasteiger partial charge >= 0.3 is 5.97 Å². The van der Waals surface area contributed by atoms with Crippen molar-refractivity contribution in [2.45, 2.75) is 18.9 Å². The SMILES string of the molecule is NC(C(=O)O)c1ccc(F)cc1N1CCCC1. The van der Waals surface area contributed by atoms with E-state index >= 15 is 0 Å². The molecule has 1 aromatic carbocycles. The number of aliphatic carboxylic acids is 1. The van der Waals surface area contributed by atoms with Gasteiger partial charge in [0.25, 0.3) is 0 Å². The highest BCUT2D eigenvalue weighted by Crippen LogP contribution is 2.29. The number of carbonyl (C=O) groups is 1. The number of anilines is 1. The minimum Gasteiger partial charge on any atom is -0.480 e. The van der Waals surface area contributed by atoms with E-state index in [0.717, 1.165) is 25.9 Å². The van der Waals surface area contributed by atoms with Gasteiger partial charge < -0.3 is 15.7 Å². The van der Waals surface area contributed by atoms with E-state index in [0.29, 0.717) is 11.3 Å². The van der Waals surface area contributed by atoms with Gasteiger partial charge in [0.1, 0.15) is 11.9 Å². The lowest BCUT2D eigenvalue weighted by Gasteiger charge is -2.23. The van der Waals surface area contributed by atoms with Gasteiger partial charge in [-0.15, -0.1) is 0 Å². The van der Waals surface area contributed by atoms with E-state index in [2.05, 4.69) is 0 Å². The third kappa shape index (κ3) is 2.39. The van der Waals surface area contributed by atoms with Crippen molar-refractivity contribution in [3.05, 3.63) is 29.6 Å². The Morgan fingerprint density at radius 1 is 1.41 bits per heavy atom. The molecule has 0 amide bonds. The predicted octanol–water partition coefficient (Wildman–Crippen LogP) is 1.51. The van der Waals surface area contributed by atoms with Crippen molar-refractivity contribution in [2.24, 2.45) is 5.73 Å². The molecule has 1 fully saturated rings. The molecule has 3 N–H and O–H groups in total. The molecule has 1 unspecified atom stereocenters. The molecule has 5 heteroatoms. The van der Waals surface area contributed by atoms with Crippen LogP contribution in [0, 0.1) is 5.82 Å². The third-order valence-corrected chi connectivity index (χ3v) is 3.04. The van der Waals surface area contributed by atoms with Crippen LogP contribution in [-0.2, 0) is 4.79 Å². The number of carboxylic acids is 1. The molecular formula is C12H15FN2O2. The summed E-state index contributed by atoms with van der Waals surface area (Å²) in [7, 11) is 0. The first-order valence-electron chi connectivity index (χ1n) is 5.62. The van der Waals surface area contributed by atoms with Gasteiger partial charge in [-0.2, -0.15) is 0 Å². The number of halogens is 1. The molecule has 1 atom stereocenters. The largest absolute Gasteiger partial charge is 0.480 e. The molecule has 0 saturated carbocycles. The summed E-state index contributed by atoms with van der Waals surface area (Å²) in [5.74, 6) is -1.47. The van der Waals surface area contributed by atoms with Crippen LogP contribution in [0.3, 0.4) is 0 Å². The molecule has 4 nitrogen and oxygen atoms in total. The van der Waals surface area contributed by atoms with Crippen LogP contribution in [-0.4, -0.2) is 24.2 Å². The maximum Gasteiger partial charge on any atom is 0.325 e. The topological polar surface area (TPSA) is 66.6 Å². The molecule has 0 aromatic heterocycles. The van der Waals surface area contributed by atoms with Crippen LogP contribution in [0.2, 0.25) is 0 Å². The Hall–Kier alpha value is -1.62. The molecule has 0 bridgehead atoms. The Morgan fingerprint density at radius 2 is 2.06 bits per heavy atom. The van der Waals surface area contributed by atoms with E-state index in [-0.39, 0.29) is 5.82 Å². The molecule has 2 rings (SSSR count). The summed E-state index contributed by atoms with van der Waals surface area (Å²) in [5.41, 5.74) is 6.69. The molecule has 92 valence electrons. The van der Waals surface area contributed by atoms with E-state index in [1.165, 1.54) is 18.2 Å². The summed E-state index contributed by atoms with van der Waals surface area (Å²) in [5, 5.41) is 8.93. The molecule has 0 radical (unpaired) electrons. The van der Waals surface area contributed by atoms with E-state index in [1.54, 1.807) is 0 Å². The molecule has 0 spiro atoms. The van der Waals surface area contributed by atoms with Gasteiger partial charge in [-0.25, -0.2) is 4.39 Å². The van der Waals surface area contributed by atoms with Crippen LogP contribution >= 0.6 is 0 Å². The van der Waals surface area contributed by atoms with Crippen molar-refractivity contribution in [1.82, 2.24) is 0 Å². The lowest BCUT2D eigenvalue weighted by Crippen LogP contribution is -2.26. The zero-order valence-electron chi connectivity index (χ0n) is 9.40. The highest BCUT2D eigenvalue weighted by molar-refractivity contribution is 5.78. The Balaban J connectivity index is 2.39. The lowest BCUT2D eigenvalue weighted by atomic mass is 10.0. The molecule has 1 heterocycles. The number of benzene rings is 1. The van der Waals surface area contributed by atoms with Crippen molar-refractivity contribution in [3.63, 3.8) is 0 Å². The van der Waals surface area contributed by atoms with Gasteiger partial charge in [-0.1, -0.05) is 6.07 Å². The van der Waals surface area contributed by atoms with Crippen molar-refractivity contribution in [1.29, 1.82) is 0 Å². The van der Waals surface area contributed by atoms with Gasteiger partial charge in [0.15, 0.2) is 0 Å². The first-order chi connectivity index (χ1) is 8.09. The minimum absolute atomic E-state index is 0.367. The number of hydrogen-bond donors (Lipinski definition) is 2. The van der Waals surface area contributed by atoms with Crippen molar-refractivity contribution in [3.8, 4) is 0 Å². The van der Waals surface area contributed by atoms with Gasteiger partial charge in [-0.05, 0) is 25.0 Å². The minimum atomic E-state index is -1.11. The second-order valence-electron chi connectivity index (χ2n) is 4.21. The Morgan fingerprint density at radius 3 is 2.65 bits per heavy atom. The number of nitrogens with two attached hydrogens (primary N) is 1. The fourth-order valence-corrected chi connectivity index (χ4v) is 2.14. The summed E-state index contributed by atoms with van der Waals surface area (Å²) in [4.78, 5) is 12.9. The normalized spacial score (nSPS) is 17.2. The second kappa shape index (κ2) is 4.71. The first-order valence-corrected chi connectivity index (χ1v) is 5.62. The quantitative estimate of drug-likeness (QED) is 0.837. The molecule has 1 aliphatic heterocycles. The summed E-state index contributed by atoms with van der Waals surface area (Å²) in [6, 6.07) is 2.97. The number of carboxylic acid groups (broad SMARTS) is 1. The second-order valence-corrected chi connectivity index (χ2v) is 4.21. The highest BCUT2D eigenvalue weighted by atomic mass is 19.1. The zero-order valence-corrected chi connectivity index (χ0v) is 9.40. The van der Waals surface area contributed by atoms with Gasteiger partial charge in [0.2, 0.25) is 0 Å². The molecule has 1 saturated heterocycles. The first kappa shape index (κ1) is 11.9. The van der Waals surface area contributed by atoms with Crippen LogP contribution < -0.4 is 10.6 Å². The Bertz CT molecular complexity index is 431. The fraction of sp³-hybridized carbons (Fsp3) is 0.417. The summed E-state index contributed by atoms with van der Waals surface area (Å²) in [6.45, 7) is 1.64. The smallest absolute Gasteiger partial charge is 0.325 e. The average molecular weight is 238 g/mol. The highest BCUT2D eigenvalue weighted by Gasteiger charge is 2.23. The van der Waals surface area contributed by atoms with Crippen molar-refractivity contribution in [2.75, 3.05) is 18.0 Å². The summed E-state index contributed by atoms with van der Waals surface area (Å²) < 4.78 is 13.3. The molecule has 0 aliphatic carbocycles. The fourth-order valence-electron chi connectivity index (χ4n) is 2.14. The van der Waals surface area contributed by atoms with Crippen LogP contribution in [0.25, 0.3) is 0 Å². The van der Waals surface area contributed by atoms with Gasteiger partial charge in [0, 0.05) is 24.3 Å². The summed E-state index contributed by atoms with van der Waals surface area (Å²) in [6.07, 6.45) is 2.08. The Labute approximate surface area is 98.8 Å². The predicted molar refractivity (Wildman–Crippen MR) is 62.4 cm³/mol. The van der Waals surface area contributed by atoms with E-state index in [9.17, 15) is 9.18 Å². The lowest BCUT2D eigenvalue weighted by molar-refractivity contribution is -0.138. The van der Waals surface area contributed by atoms with Crippen LogP contribution in [0.1, 0.15) is 24.4 Å². The third-order valence-electron chi connectivity index (χ3n) is 3.04. The van der Waals surface area contributed by atoms with E-state index < -0.39 is 12.0 Å². The van der Waals surface area contributed by atoms with Crippen LogP contribution in [0.5, 0.6) is 0 Å². The maximum atomic E-state index is 13.3. The summed E-state index contributed by atoms with van der Waals surface area (Å²) >= 11 is 0. The monoisotopic (exact) mass is 238 g/mol. The molecule has 17 heavy (non-hydrogen) atoms. The van der Waals surface area contributed by atoms with E-state index in [4.69, 9.17) is 10.8 Å². The average Bonchev–Trinajstić information content (AvgIpc) is 2.81. The number of rotatable bonds is 3. The van der Waals surface area contributed by atoms with Crippen LogP contribution in [0.15, 0.2) is 18.2 Å². The zero-order chi connectivity index (χ0) is 12.4. The van der Waals surface area contributed by atoms with Gasteiger partial charge in [-0.3, -0.25) is 4.79 Å². The number of hydrogen-bond acceptors (Lipinski definition) is 3. The molecular weight excluding hydrogens is 223 g/mol. The van der Waals surface area contributed by atoms with Crippen LogP contribution in [0.4, 0.5) is 10.1 Å². The van der Waals surface area contributed by atoms with Gasteiger partial charge in [0.05, 0.1) is 0 Å². The number of nitrogens with zero attached hydrogens (tertiary/aromatic N) is 1. The molecule has 1 aromatic rings. The van der Waals surface area contributed by atoms with Crippen molar-refractivity contribution >= 4 is 11.7 Å². The standard InChI is InChI=1S/C12H15FN2O2/c13-8-3-4-9(11(14)12(16)17)10(7-8)15-5-1-2-6-15/h3-4,7,11H,1-2,5-6,14H2,(H,16,17).